The molecule has 2 aromatic carbocycles. The fraction of sp³-hybridized carbons (Fsp3) is 0.158. The number of sulfone groups is 1. The van der Waals surface area contributed by atoms with Crippen molar-refractivity contribution in [1.82, 2.24) is 0 Å². The van der Waals surface area contributed by atoms with Gasteiger partial charge < -0.3 is 4.90 Å². The minimum atomic E-state index is -4.03. The third-order valence-corrected chi connectivity index (χ3v) is 6.21. The Bertz CT molecular complexity index is 1130. The lowest BCUT2D eigenvalue weighted by molar-refractivity contribution is -0.116. The SMILES string of the molecule is CC(=O)N1CCc2cc(S(=O)(=O)C3=NC(=O)N=C3c3ccccc3)ccc21. The quantitative estimate of drug-likeness (QED) is 0.798. The van der Waals surface area contributed by atoms with Gasteiger partial charge in [0.05, 0.1) is 4.90 Å². The predicted octanol–water partition coefficient (Wildman–Crippen LogP) is 2.39. The number of carbonyl (C=O) groups is 2. The Balaban J connectivity index is 1.76. The molecule has 2 heterocycles. The van der Waals surface area contributed by atoms with E-state index in [-0.39, 0.29) is 21.6 Å². The summed E-state index contributed by atoms with van der Waals surface area (Å²) in [5.74, 6) is -0.0892. The first kappa shape index (κ1) is 17.3. The average Bonchev–Trinajstić information content (AvgIpc) is 3.25. The molecule has 8 heteroatoms. The normalized spacial score (nSPS) is 16.2. The summed E-state index contributed by atoms with van der Waals surface area (Å²) in [6.07, 6.45) is 0.573. The maximum absolute atomic E-state index is 13.1. The van der Waals surface area contributed by atoms with Gasteiger partial charge in [0.2, 0.25) is 15.7 Å². The Morgan fingerprint density at radius 2 is 1.81 bits per heavy atom. The molecule has 0 saturated carbocycles. The van der Waals surface area contributed by atoms with E-state index in [1.165, 1.54) is 13.0 Å². The number of hydrogen-bond donors (Lipinski definition) is 0. The number of hydrogen-bond acceptors (Lipinski definition) is 4. The molecule has 2 aliphatic rings. The van der Waals surface area contributed by atoms with Gasteiger partial charge >= 0.3 is 6.03 Å². The molecular formula is C19H15N3O4S. The van der Waals surface area contributed by atoms with Gasteiger partial charge in [-0.05, 0) is 30.2 Å². The van der Waals surface area contributed by atoms with Gasteiger partial charge in [-0.25, -0.2) is 13.2 Å². The van der Waals surface area contributed by atoms with Crippen LogP contribution < -0.4 is 4.90 Å². The van der Waals surface area contributed by atoms with Crippen molar-refractivity contribution < 1.29 is 18.0 Å². The summed E-state index contributed by atoms with van der Waals surface area (Å²) in [6, 6.07) is 12.4. The molecule has 0 bridgehead atoms. The lowest BCUT2D eigenvalue weighted by Crippen LogP contribution is -2.26. The van der Waals surface area contributed by atoms with E-state index in [0.717, 1.165) is 5.56 Å². The molecule has 0 radical (unpaired) electrons. The number of carbonyl (C=O) groups excluding carboxylic acids is 2. The van der Waals surface area contributed by atoms with Crippen LogP contribution in [0.2, 0.25) is 0 Å². The monoisotopic (exact) mass is 381 g/mol. The highest BCUT2D eigenvalue weighted by molar-refractivity contribution is 8.08. The van der Waals surface area contributed by atoms with Crippen LogP contribution in [0.5, 0.6) is 0 Å². The zero-order valence-electron chi connectivity index (χ0n) is 14.4. The van der Waals surface area contributed by atoms with Gasteiger partial charge in [-0.3, -0.25) is 4.79 Å². The van der Waals surface area contributed by atoms with E-state index >= 15 is 0 Å². The fourth-order valence-corrected chi connectivity index (χ4v) is 4.65. The third-order valence-electron chi connectivity index (χ3n) is 4.55. The smallest absolute Gasteiger partial charge is 0.312 e. The van der Waals surface area contributed by atoms with Crippen LogP contribution in [0, 0.1) is 0 Å². The number of urea groups is 1. The van der Waals surface area contributed by atoms with Gasteiger partial charge in [-0.1, -0.05) is 30.3 Å². The number of amides is 3. The van der Waals surface area contributed by atoms with Gasteiger partial charge in [0.25, 0.3) is 0 Å². The van der Waals surface area contributed by atoms with Gasteiger partial charge in [0, 0.05) is 24.7 Å². The number of aliphatic imine (C=N–C) groups is 2. The van der Waals surface area contributed by atoms with Crippen molar-refractivity contribution in [1.29, 1.82) is 0 Å². The van der Waals surface area contributed by atoms with Crippen molar-refractivity contribution in [2.75, 3.05) is 11.4 Å². The zero-order chi connectivity index (χ0) is 19.2. The largest absolute Gasteiger partial charge is 0.369 e. The summed E-state index contributed by atoms with van der Waals surface area (Å²) in [6.45, 7) is 1.99. The molecule has 27 heavy (non-hydrogen) atoms. The second-order valence-corrected chi connectivity index (χ2v) is 8.11. The van der Waals surface area contributed by atoms with Gasteiger partial charge in [-0.15, -0.1) is 0 Å². The van der Waals surface area contributed by atoms with E-state index in [4.69, 9.17) is 0 Å². The fourth-order valence-electron chi connectivity index (χ4n) is 3.26. The zero-order valence-corrected chi connectivity index (χ0v) is 15.2. The Morgan fingerprint density at radius 3 is 2.52 bits per heavy atom. The highest BCUT2D eigenvalue weighted by atomic mass is 32.2. The Hall–Kier alpha value is -3.13. The second-order valence-electron chi connectivity index (χ2n) is 6.24. The molecule has 4 rings (SSSR count). The molecule has 0 aromatic heterocycles. The van der Waals surface area contributed by atoms with E-state index in [9.17, 15) is 18.0 Å². The molecule has 0 atom stereocenters. The van der Waals surface area contributed by atoms with Crippen LogP contribution in [-0.2, 0) is 21.1 Å². The van der Waals surface area contributed by atoms with Crippen LogP contribution >= 0.6 is 0 Å². The number of rotatable bonds is 2. The molecule has 0 N–H and O–H groups in total. The first-order chi connectivity index (χ1) is 12.9. The maximum Gasteiger partial charge on any atom is 0.369 e. The van der Waals surface area contributed by atoms with Gasteiger partial charge in [0.15, 0.2) is 5.04 Å². The van der Waals surface area contributed by atoms with E-state index in [2.05, 4.69) is 9.98 Å². The van der Waals surface area contributed by atoms with Crippen LogP contribution in [0.15, 0.2) is 63.4 Å². The predicted molar refractivity (Wildman–Crippen MR) is 101 cm³/mol. The number of anilines is 1. The van der Waals surface area contributed by atoms with Crippen LogP contribution in [-0.4, -0.2) is 37.7 Å². The van der Waals surface area contributed by atoms with E-state index in [1.807, 2.05) is 0 Å². The van der Waals surface area contributed by atoms with E-state index in [0.29, 0.717) is 24.2 Å². The summed E-state index contributed by atoms with van der Waals surface area (Å²) in [5.41, 5.74) is 2.04. The topological polar surface area (TPSA) is 96.2 Å². The van der Waals surface area contributed by atoms with Crippen molar-refractivity contribution in [2.45, 2.75) is 18.2 Å². The lowest BCUT2D eigenvalue weighted by atomic mass is 10.1. The summed E-state index contributed by atoms with van der Waals surface area (Å²) in [5, 5.41) is -0.347. The highest BCUT2D eigenvalue weighted by Crippen LogP contribution is 2.31. The summed E-state index contributed by atoms with van der Waals surface area (Å²) >= 11 is 0. The number of fused-ring (bicyclic) bond motifs is 1. The van der Waals surface area contributed by atoms with Crippen LogP contribution in [0.3, 0.4) is 0 Å². The molecule has 0 fully saturated rings. The molecule has 0 saturated heterocycles. The second kappa shape index (κ2) is 6.24. The van der Waals surface area contributed by atoms with Crippen molar-refractivity contribution in [2.24, 2.45) is 9.98 Å². The van der Waals surface area contributed by atoms with Crippen molar-refractivity contribution in [3.8, 4) is 0 Å². The highest BCUT2D eigenvalue weighted by Gasteiger charge is 2.34. The Labute approximate surface area is 156 Å². The first-order valence-electron chi connectivity index (χ1n) is 8.31. The average molecular weight is 381 g/mol. The maximum atomic E-state index is 13.1. The molecule has 0 aliphatic carbocycles. The van der Waals surface area contributed by atoms with E-state index in [1.54, 1.807) is 47.4 Å². The number of benzene rings is 2. The summed E-state index contributed by atoms with van der Waals surface area (Å²) < 4.78 is 26.3. The molecule has 136 valence electrons. The van der Waals surface area contributed by atoms with Gasteiger partial charge in [-0.2, -0.15) is 9.98 Å². The van der Waals surface area contributed by atoms with Crippen LogP contribution in [0.1, 0.15) is 18.1 Å². The van der Waals surface area contributed by atoms with Crippen LogP contribution in [0.4, 0.5) is 10.5 Å². The summed E-state index contributed by atoms with van der Waals surface area (Å²) in [7, 11) is -4.03. The van der Waals surface area contributed by atoms with Crippen LogP contribution in [0.25, 0.3) is 0 Å². The Kier molecular flexibility index (Phi) is 4.00. The van der Waals surface area contributed by atoms with Crippen molar-refractivity contribution in [3.63, 3.8) is 0 Å². The minimum Gasteiger partial charge on any atom is -0.312 e. The molecule has 0 unspecified atom stereocenters. The molecule has 3 amide bonds. The third kappa shape index (κ3) is 2.87. The standard InChI is InChI=1S/C19H15N3O4S/c1-12(23)22-10-9-14-11-15(7-8-16(14)22)27(25,26)18-17(20-19(24)21-18)13-5-3-2-4-6-13/h2-8,11H,9-10H2,1H3. The molecule has 0 spiro atoms. The molecule has 2 aliphatic heterocycles. The first-order valence-corrected chi connectivity index (χ1v) is 9.79. The number of nitrogens with zero attached hydrogens (tertiary/aromatic N) is 3. The Morgan fingerprint density at radius 1 is 1.07 bits per heavy atom. The lowest BCUT2D eigenvalue weighted by Gasteiger charge is -2.15. The van der Waals surface area contributed by atoms with E-state index < -0.39 is 15.9 Å². The van der Waals surface area contributed by atoms with Gasteiger partial charge in [0.1, 0.15) is 5.71 Å². The molecule has 7 nitrogen and oxygen atoms in total. The summed E-state index contributed by atoms with van der Waals surface area (Å²) in [4.78, 5) is 32.5. The van der Waals surface area contributed by atoms with Crippen molar-refractivity contribution in [3.05, 3.63) is 59.7 Å². The molecule has 2 aromatic rings. The minimum absolute atomic E-state index is 0.0312. The van der Waals surface area contributed by atoms with Crippen molar-refractivity contribution >= 4 is 38.2 Å². The molecular weight excluding hydrogens is 366 g/mol.